The molecule has 3 rings (SSSR count). The van der Waals surface area contributed by atoms with E-state index in [0.29, 0.717) is 16.7 Å². The van der Waals surface area contributed by atoms with E-state index in [1.807, 2.05) is 66.7 Å². The Hall–Kier alpha value is -2.56. The lowest BCUT2D eigenvalue weighted by atomic mass is 10.3. The maximum atomic E-state index is 11.1. The molecule has 110 valence electrons. The zero-order valence-electron chi connectivity index (χ0n) is 11.9. The molecule has 0 saturated carbocycles. The van der Waals surface area contributed by atoms with E-state index in [2.05, 4.69) is 0 Å². The zero-order chi connectivity index (χ0) is 15.3. The van der Waals surface area contributed by atoms with Gasteiger partial charge in [-0.3, -0.25) is 0 Å². The Morgan fingerprint density at radius 1 is 0.545 bits per heavy atom. The van der Waals surface area contributed by atoms with Crippen LogP contribution in [0.25, 0.3) is 0 Å². The van der Waals surface area contributed by atoms with Crippen molar-refractivity contribution in [1.29, 1.82) is 0 Å². The minimum absolute atomic E-state index is 0.580. The molecule has 3 aromatic rings. The van der Waals surface area contributed by atoms with Crippen LogP contribution in [0.1, 0.15) is 0 Å². The van der Waals surface area contributed by atoms with E-state index < -0.39 is 8.80 Å². The molecule has 0 unspecified atom stereocenters. The molecule has 0 saturated heterocycles. The highest BCUT2D eigenvalue weighted by molar-refractivity contribution is 6.75. The van der Waals surface area contributed by atoms with E-state index in [1.54, 1.807) is 24.3 Å². The molecule has 0 aliphatic carbocycles. The average molecular weight is 308 g/mol. The van der Waals surface area contributed by atoms with Gasteiger partial charge in [0.15, 0.2) is 0 Å². The number of para-hydroxylation sites is 2. The van der Waals surface area contributed by atoms with Gasteiger partial charge >= 0.3 is 8.80 Å². The van der Waals surface area contributed by atoms with E-state index in [9.17, 15) is 4.80 Å². The smallest absolute Gasteiger partial charge is 0.489 e. The first-order valence-corrected chi connectivity index (χ1v) is 8.79. The first-order valence-electron chi connectivity index (χ1n) is 7.02. The van der Waals surface area contributed by atoms with Gasteiger partial charge in [-0.1, -0.05) is 66.7 Å². The second kappa shape index (κ2) is 6.47. The summed E-state index contributed by atoms with van der Waals surface area (Å²) in [5.74, 6) is 1.16. The zero-order valence-corrected chi connectivity index (χ0v) is 12.9. The third-order valence-electron chi connectivity index (χ3n) is 3.14. The van der Waals surface area contributed by atoms with Crippen LogP contribution in [0.3, 0.4) is 0 Å². The second-order valence-corrected chi connectivity index (χ2v) is 6.93. The number of rotatable bonds is 5. The molecule has 0 bridgehead atoms. The van der Waals surface area contributed by atoms with Crippen molar-refractivity contribution >= 4 is 14.0 Å². The maximum Gasteiger partial charge on any atom is 0.666 e. The molecule has 3 aromatic carbocycles. The fourth-order valence-electron chi connectivity index (χ4n) is 2.08. The van der Waals surface area contributed by atoms with Crippen LogP contribution in [0.2, 0.25) is 0 Å². The van der Waals surface area contributed by atoms with Crippen molar-refractivity contribution in [3.8, 4) is 11.5 Å². The van der Waals surface area contributed by atoms with Crippen molar-refractivity contribution in [1.82, 2.24) is 0 Å². The van der Waals surface area contributed by atoms with Crippen LogP contribution in [0.15, 0.2) is 91.0 Å². The largest absolute Gasteiger partial charge is 0.666 e. The van der Waals surface area contributed by atoms with E-state index in [-0.39, 0.29) is 0 Å². The van der Waals surface area contributed by atoms with Gasteiger partial charge in [-0.25, -0.2) is 0 Å². The van der Waals surface area contributed by atoms with Gasteiger partial charge in [0.25, 0.3) is 0 Å². The van der Waals surface area contributed by atoms with Gasteiger partial charge in [-0.2, -0.15) is 0 Å². The third kappa shape index (κ3) is 3.36. The molecule has 0 aliphatic heterocycles. The maximum absolute atomic E-state index is 11.1. The molecule has 0 aliphatic rings. The van der Waals surface area contributed by atoms with Crippen molar-refractivity contribution < 1.29 is 13.6 Å². The summed E-state index contributed by atoms with van der Waals surface area (Å²) in [6, 6.07) is 27.7. The molecule has 0 fully saturated rings. The van der Waals surface area contributed by atoms with E-state index in [4.69, 9.17) is 8.85 Å². The summed E-state index contributed by atoms with van der Waals surface area (Å²) < 4.78 is 11.7. The van der Waals surface area contributed by atoms with Gasteiger partial charge in [-0.15, -0.1) is 0 Å². The molecule has 0 radical (unpaired) electrons. The number of benzene rings is 3. The Kier molecular flexibility index (Phi) is 4.23. The lowest BCUT2D eigenvalue weighted by Crippen LogP contribution is -2.59. The van der Waals surface area contributed by atoms with Crippen molar-refractivity contribution in [3.05, 3.63) is 91.0 Å². The summed E-state index contributed by atoms with van der Waals surface area (Å²) in [6.45, 7) is 0. The highest BCUT2D eigenvalue weighted by Crippen LogP contribution is 2.18. The van der Waals surface area contributed by atoms with Crippen molar-refractivity contribution in [2.75, 3.05) is 0 Å². The predicted octanol–water partition coefficient (Wildman–Crippen LogP) is 2.98. The van der Waals surface area contributed by atoms with Crippen LogP contribution < -0.4 is 14.0 Å². The Labute approximate surface area is 130 Å². The third-order valence-corrected chi connectivity index (χ3v) is 5.23. The van der Waals surface area contributed by atoms with Crippen LogP contribution in [0, 0.1) is 0 Å². The van der Waals surface area contributed by atoms with Crippen molar-refractivity contribution in [3.63, 3.8) is 0 Å². The molecular formula is C18H16O3Si. The van der Waals surface area contributed by atoms with Gasteiger partial charge in [0.2, 0.25) is 0 Å². The molecule has 1 N–H and O–H groups in total. The highest BCUT2D eigenvalue weighted by atomic mass is 28.4. The quantitative estimate of drug-likeness (QED) is 0.737. The minimum Gasteiger partial charge on any atom is -0.489 e. The van der Waals surface area contributed by atoms with Crippen LogP contribution in [0.5, 0.6) is 11.5 Å². The summed E-state index contributed by atoms with van der Waals surface area (Å²) in [4.78, 5) is 11.1. The second-order valence-electron chi connectivity index (χ2n) is 4.78. The SMILES string of the molecule is O[Si](Oc1ccccc1)(Oc1ccccc1)c1ccccc1. The van der Waals surface area contributed by atoms with Gasteiger partial charge in [-0.05, 0) is 24.3 Å². The van der Waals surface area contributed by atoms with Crippen LogP contribution in [-0.4, -0.2) is 13.6 Å². The summed E-state index contributed by atoms with van der Waals surface area (Å²) in [5, 5.41) is 0.655. The molecule has 0 aromatic heterocycles. The Morgan fingerprint density at radius 3 is 1.32 bits per heavy atom. The Bertz CT molecular complexity index is 661. The van der Waals surface area contributed by atoms with E-state index in [1.165, 1.54) is 0 Å². The van der Waals surface area contributed by atoms with Gasteiger partial charge in [0, 0.05) is 5.19 Å². The molecule has 0 heterocycles. The van der Waals surface area contributed by atoms with Gasteiger partial charge in [0.05, 0.1) is 0 Å². The lowest BCUT2D eigenvalue weighted by Gasteiger charge is -2.25. The molecule has 3 nitrogen and oxygen atoms in total. The summed E-state index contributed by atoms with van der Waals surface area (Å²) in [6.07, 6.45) is 0. The monoisotopic (exact) mass is 308 g/mol. The topological polar surface area (TPSA) is 38.7 Å². The predicted molar refractivity (Wildman–Crippen MR) is 88.2 cm³/mol. The Morgan fingerprint density at radius 2 is 0.909 bits per heavy atom. The molecule has 0 atom stereocenters. The lowest BCUT2D eigenvalue weighted by molar-refractivity contribution is 0.271. The number of hydrogen-bond donors (Lipinski definition) is 1. The average Bonchev–Trinajstić information content (AvgIpc) is 2.57. The molecule has 22 heavy (non-hydrogen) atoms. The number of hydrogen-bond acceptors (Lipinski definition) is 3. The van der Waals surface area contributed by atoms with E-state index in [0.717, 1.165) is 0 Å². The first kappa shape index (κ1) is 14.4. The molecule has 0 spiro atoms. The van der Waals surface area contributed by atoms with Crippen molar-refractivity contribution in [2.45, 2.75) is 0 Å². The summed E-state index contributed by atoms with van der Waals surface area (Å²) in [7, 11) is -3.61. The van der Waals surface area contributed by atoms with Crippen molar-refractivity contribution in [2.24, 2.45) is 0 Å². The van der Waals surface area contributed by atoms with E-state index >= 15 is 0 Å². The summed E-state index contributed by atoms with van der Waals surface area (Å²) in [5.41, 5.74) is 0. The van der Waals surface area contributed by atoms with Crippen LogP contribution in [-0.2, 0) is 0 Å². The standard InChI is InChI=1S/C18H16O3Si/c19-22(18-14-8-3-9-15-18,20-16-10-4-1-5-11-16)21-17-12-6-2-7-13-17/h1-15,19H. The van der Waals surface area contributed by atoms with Crippen LogP contribution in [0.4, 0.5) is 0 Å². The molecular weight excluding hydrogens is 292 g/mol. The fraction of sp³-hybridized carbons (Fsp3) is 0. The normalized spacial score (nSPS) is 11.0. The minimum atomic E-state index is -3.61. The molecule has 4 heteroatoms. The van der Waals surface area contributed by atoms with Crippen LogP contribution >= 0.6 is 0 Å². The first-order chi connectivity index (χ1) is 10.8. The Balaban J connectivity index is 1.95. The highest BCUT2D eigenvalue weighted by Gasteiger charge is 2.45. The summed E-state index contributed by atoms with van der Waals surface area (Å²) >= 11 is 0. The fourth-order valence-corrected chi connectivity index (χ4v) is 3.89. The van der Waals surface area contributed by atoms with Gasteiger partial charge < -0.3 is 13.6 Å². The van der Waals surface area contributed by atoms with Gasteiger partial charge in [0.1, 0.15) is 11.5 Å². The molecule has 0 amide bonds.